The Hall–Kier alpha value is -0.930. The van der Waals surface area contributed by atoms with Crippen LogP contribution in [-0.4, -0.2) is 29.1 Å². The lowest BCUT2D eigenvalue weighted by Crippen LogP contribution is -2.47. The summed E-state index contributed by atoms with van der Waals surface area (Å²) in [7, 11) is 0. The van der Waals surface area contributed by atoms with Crippen LogP contribution in [0, 0.1) is 17.7 Å². The fourth-order valence-corrected chi connectivity index (χ4v) is 3.14. The molecule has 0 aromatic heterocycles. The number of hydrogen-bond donors (Lipinski definition) is 1. The molecular formula is C16H24FNO. The highest BCUT2D eigenvalue weighted by atomic mass is 19.1. The molecule has 1 saturated heterocycles. The van der Waals surface area contributed by atoms with Gasteiger partial charge in [0.2, 0.25) is 0 Å². The zero-order valence-electron chi connectivity index (χ0n) is 12.0. The first-order chi connectivity index (χ1) is 8.99. The lowest BCUT2D eigenvalue weighted by molar-refractivity contribution is 0.0304. The molecule has 1 aliphatic heterocycles. The highest BCUT2D eigenvalue weighted by molar-refractivity contribution is 5.20. The van der Waals surface area contributed by atoms with Crippen molar-refractivity contribution >= 4 is 0 Å². The molecule has 0 amide bonds. The van der Waals surface area contributed by atoms with E-state index in [-0.39, 0.29) is 5.82 Å². The molecule has 0 aliphatic carbocycles. The molecule has 0 spiro atoms. The first-order valence-electron chi connectivity index (χ1n) is 7.15. The Morgan fingerprint density at radius 1 is 1.32 bits per heavy atom. The molecule has 1 fully saturated rings. The number of hydrogen-bond acceptors (Lipinski definition) is 2. The summed E-state index contributed by atoms with van der Waals surface area (Å²) in [4.78, 5) is 2.29. The van der Waals surface area contributed by atoms with Gasteiger partial charge in [0.25, 0.3) is 0 Å². The van der Waals surface area contributed by atoms with E-state index in [0.29, 0.717) is 30.0 Å². The summed E-state index contributed by atoms with van der Waals surface area (Å²) in [5, 5.41) is 10.3. The minimum atomic E-state index is -0.749. The van der Waals surface area contributed by atoms with Crippen LogP contribution in [0.2, 0.25) is 0 Å². The SMILES string of the molecule is CC1CC(C)C(C)N(CC(O)c2ccccc2F)C1. The van der Waals surface area contributed by atoms with Gasteiger partial charge in [-0.15, -0.1) is 0 Å². The molecule has 1 heterocycles. The van der Waals surface area contributed by atoms with Crippen LogP contribution in [0.25, 0.3) is 0 Å². The van der Waals surface area contributed by atoms with Crippen LogP contribution in [0.5, 0.6) is 0 Å². The van der Waals surface area contributed by atoms with Crippen molar-refractivity contribution in [3.05, 3.63) is 35.6 Å². The maximum atomic E-state index is 13.7. The van der Waals surface area contributed by atoms with Crippen LogP contribution in [0.15, 0.2) is 24.3 Å². The first kappa shape index (κ1) is 14.5. The molecule has 1 aliphatic rings. The van der Waals surface area contributed by atoms with Crippen LogP contribution < -0.4 is 0 Å². The van der Waals surface area contributed by atoms with Crippen LogP contribution in [0.3, 0.4) is 0 Å². The maximum absolute atomic E-state index is 13.7. The van der Waals surface area contributed by atoms with E-state index >= 15 is 0 Å². The van der Waals surface area contributed by atoms with E-state index in [1.807, 2.05) is 0 Å². The maximum Gasteiger partial charge on any atom is 0.129 e. The summed E-state index contributed by atoms with van der Waals surface area (Å²) < 4.78 is 13.7. The number of likely N-dealkylation sites (tertiary alicyclic amines) is 1. The quantitative estimate of drug-likeness (QED) is 0.907. The zero-order valence-corrected chi connectivity index (χ0v) is 12.0. The summed E-state index contributed by atoms with van der Waals surface area (Å²) in [5.74, 6) is 0.941. The molecule has 106 valence electrons. The van der Waals surface area contributed by atoms with E-state index in [4.69, 9.17) is 0 Å². The van der Waals surface area contributed by atoms with Crippen molar-refractivity contribution in [2.24, 2.45) is 11.8 Å². The Kier molecular flexibility index (Phi) is 4.58. The van der Waals surface area contributed by atoms with Gasteiger partial charge in [-0.3, -0.25) is 4.90 Å². The van der Waals surface area contributed by atoms with E-state index in [1.165, 1.54) is 12.5 Å². The van der Waals surface area contributed by atoms with Crippen molar-refractivity contribution in [3.8, 4) is 0 Å². The van der Waals surface area contributed by atoms with Crippen molar-refractivity contribution in [2.45, 2.75) is 39.3 Å². The molecule has 4 unspecified atom stereocenters. The van der Waals surface area contributed by atoms with Crippen molar-refractivity contribution in [1.29, 1.82) is 0 Å². The van der Waals surface area contributed by atoms with Crippen molar-refractivity contribution in [1.82, 2.24) is 4.90 Å². The Labute approximate surface area is 115 Å². The molecule has 1 aromatic rings. The molecule has 0 saturated carbocycles. The van der Waals surface area contributed by atoms with Gasteiger partial charge < -0.3 is 5.11 Å². The molecule has 1 N–H and O–H groups in total. The Balaban J connectivity index is 2.06. The molecule has 1 aromatic carbocycles. The molecular weight excluding hydrogens is 241 g/mol. The van der Waals surface area contributed by atoms with Crippen molar-refractivity contribution < 1.29 is 9.50 Å². The van der Waals surface area contributed by atoms with Gasteiger partial charge in [-0.1, -0.05) is 32.0 Å². The number of rotatable bonds is 3. The lowest BCUT2D eigenvalue weighted by atomic mass is 9.85. The van der Waals surface area contributed by atoms with Gasteiger partial charge in [0.1, 0.15) is 5.82 Å². The number of aliphatic hydroxyl groups is 1. The van der Waals surface area contributed by atoms with Crippen molar-refractivity contribution in [3.63, 3.8) is 0 Å². The van der Waals surface area contributed by atoms with Gasteiger partial charge in [-0.2, -0.15) is 0 Å². The second-order valence-corrected chi connectivity index (χ2v) is 6.05. The fraction of sp³-hybridized carbons (Fsp3) is 0.625. The average molecular weight is 265 g/mol. The molecule has 0 radical (unpaired) electrons. The minimum absolute atomic E-state index is 0.319. The predicted molar refractivity (Wildman–Crippen MR) is 75.3 cm³/mol. The molecule has 3 heteroatoms. The third-order valence-corrected chi connectivity index (χ3v) is 4.39. The van der Waals surface area contributed by atoms with Crippen LogP contribution in [0.4, 0.5) is 4.39 Å². The number of halogens is 1. The minimum Gasteiger partial charge on any atom is -0.387 e. The third-order valence-electron chi connectivity index (χ3n) is 4.39. The van der Waals surface area contributed by atoms with Gasteiger partial charge in [-0.25, -0.2) is 4.39 Å². The highest BCUT2D eigenvalue weighted by Crippen LogP contribution is 2.29. The Morgan fingerprint density at radius 2 is 2.00 bits per heavy atom. The summed E-state index contributed by atoms with van der Waals surface area (Å²) in [6, 6.07) is 6.94. The summed E-state index contributed by atoms with van der Waals surface area (Å²) >= 11 is 0. The van der Waals surface area contributed by atoms with Crippen LogP contribution in [0.1, 0.15) is 38.9 Å². The summed E-state index contributed by atoms with van der Waals surface area (Å²) in [5.41, 5.74) is 0.403. The normalized spacial score (nSPS) is 30.3. The number of β-amino-alcohol motifs (C(OH)–C–C–N with tert-alkyl or cyclic N) is 1. The monoisotopic (exact) mass is 265 g/mol. The summed E-state index contributed by atoms with van der Waals surface area (Å²) in [6.07, 6.45) is 0.481. The predicted octanol–water partition coefficient (Wildman–Crippen LogP) is 3.23. The number of benzene rings is 1. The number of piperidine rings is 1. The largest absolute Gasteiger partial charge is 0.387 e. The van der Waals surface area contributed by atoms with E-state index in [1.54, 1.807) is 18.2 Å². The number of nitrogens with zero attached hydrogens (tertiary/aromatic N) is 1. The van der Waals surface area contributed by atoms with E-state index in [9.17, 15) is 9.50 Å². The van der Waals surface area contributed by atoms with Gasteiger partial charge in [0.15, 0.2) is 0 Å². The van der Waals surface area contributed by atoms with Gasteiger partial charge in [0.05, 0.1) is 6.10 Å². The average Bonchev–Trinajstić information content (AvgIpc) is 2.35. The molecule has 2 rings (SSSR count). The van der Waals surface area contributed by atoms with Gasteiger partial charge in [0, 0.05) is 24.7 Å². The fourth-order valence-electron chi connectivity index (χ4n) is 3.14. The highest BCUT2D eigenvalue weighted by Gasteiger charge is 2.30. The van der Waals surface area contributed by atoms with Crippen molar-refractivity contribution in [2.75, 3.05) is 13.1 Å². The Bertz CT molecular complexity index is 423. The van der Waals surface area contributed by atoms with Crippen LogP contribution in [-0.2, 0) is 0 Å². The number of aliphatic hydroxyl groups excluding tert-OH is 1. The smallest absolute Gasteiger partial charge is 0.129 e. The third kappa shape index (κ3) is 3.34. The molecule has 19 heavy (non-hydrogen) atoms. The van der Waals surface area contributed by atoms with Gasteiger partial charge >= 0.3 is 0 Å². The molecule has 4 atom stereocenters. The molecule has 2 nitrogen and oxygen atoms in total. The standard InChI is InChI=1S/C16H24FNO/c1-11-8-12(2)13(3)18(9-11)10-16(19)14-6-4-5-7-15(14)17/h4-7,11-13,16,19H,8-10H2,1-3H3. The van der Waals surface area contributed by atoms with E-state index in [2.05, 4.69) is 25.7 Å². The van der Waals surface area contributed by atoms with E-state index in [0.717, 1.165) is 6.54 Å². The van der Waals surface area contributed by atoms with E-state index < -0.39 is 6.10 Å². The summed E-state index contributed by atoms with van der Waals surface area (Å²) in [6.45, 7) is 8.19. The Morgan fingerprint density at radius 3 is 2.68 bits per heavy atom. The molecule has 0 bridgehead atoms. The first-order valence-corrected chi connectivity index (χ1v) is 7.15. The topological polar surface area (TPSA) is 23.5 Å². The second kappa shape index (κ2) is 6.02. The zero-order chi connectivity index (χ0) is 14.0. The van der Waals surface area contributed by atoms with Gasteiger partial charge in [-0.05, 0) is 31.2 Å². The second-order valence-electron chi connectivity index (χ2n) is 6.05. The lowest BCUT2D eigenvalue weighted by Gasteiger charge is -2.42. The van der Waals surface area contributed by atoms with Crippen LogP contribution >= 0.6 is 0 Å².